The van der Waals surface area contributed by atoms with Crippen molar-refractivity contribution in [2.75, 3.05) is 0 Å². The fourth-order valence-corrected chi connectivity index (χ4v) is 3.91. The van der Waals surface area contributed by atoms with Crippen LogP contribution in [-0.2, 0) is 9.53 Å². The lowest BCUT2D eigenvalue weighted by Crippen LogP contribution is -2.32. The predicted octanol–water partition coefficient (Wildman–Crippen LogP) is 3.38. The first-order valence-corrected chi connectivity index (χ1v) is 8.98. The third-order valence-electron chi connectivity index (χ3n) is 5.10. The standard InChI is InChI=1S/C21H25FO4/c1-21(2)12-16(24)10-18(13-3-5-14(22)6-4-13)19(21)8-7-17-9-15(23)11-20(25)26-17/h3-8,15-17,23-24H,9-12H2,1-2H3/b8-7+/t15-,16?,17-/m0/s1. The van der Waals surface area contributed by atoms with Gasteiger partial charge in [0.1, 0.15) is 11.9 Å². The summed E-state index contributed by atoms with van der Waals surface area (Å²) in [5.74, 6) is -0.699. The smallest absolute Gasteiger partial charge is 0.309 e. The van der Waals surface area contributed by atoms with E-state index in [0.29, 0.717) is 19.3 Å². The summed E-state index contributed by atoms with van der Waals surface area (Å²) in [5, 5.41) is 20.1. The highest BCUT2D eigenvalue weighted by Gasteiger charge is 2.34. The van der Waals surface area contributed by atoms with Crippen molar-refractivity contribution in [3.8, 4) is 0 Å². The van der Waals surface area contributed by atoms with Crippen molar-refractivity contribution in [3.63, 3.8) is 0 Å². The highest BCUT2D eigenvalue weighted by molar-refractivity contribution is 5.74. The molecule has 1 aromatic rings. The Hall–Kier alpha value is -1.98. The van der Waals surface area contributed by atoms with Gasteiger partial charge < -0.3 is 14.9 Å². The number of ether oxygens (including phenoxy) is 1. The fraction of sp³-hybridized carbons (Fsp3) is 0.476. The summed E-state index contributed by atoms with van der Waals surface area (Å²) in [5.41, 5.74) is 2.59. The largest absolute Gasteiger partial charge is 0.458 e. The number of rotatable bonds is 3. The Morgan fingerprint density at radius 2 is 1.85 bits per heavy atom. The van der Waals surface area contributed by atoms with Gasteiger partial charge in [0.25, 0.3) is 0 Å². The molecule has 1 saturated heterocycles. The zero-order valence-corrected chi connectivity index (χ0v) is 15.1. The summed E-state index contributed by atoms with van der Waals surface area (Å²) < 4.78 is 18.6. The Morgan fingerprint density at radius 3 is 2.50 bits per heavy atom. The minimum atomic E-state index is -0.683. The molecule has 26 heavy (non-hydrogen) atoms. The minimum absolute atomic E-state index is 0.0333. The number of esters is 1. The van der Waals surface area contributed by atoms with Gasteiger partial charge in [-0.15, -0.1) is 0 Å². The summed E-state index contributed by atoms with van der Waals surface area (Å²) in [7, 11) is 0. The molecule has 5 heteroatoms. The molecule has 1 unspecified atom stereocenters. The van der Waals surface area contributed by atoms with E-state index in [0.717, 1.165) is 16.7 Å². The van der Waals surface area contributed by atoms with Crippen LogP contribution in [0.5, 0.6) is 0 Å². The molecule has 1 fully saturated rings. The lowest BCUT2D eigenvalue weighted by atomic mass is 9.69. The topological polar surface area (TPSA) is 66.8 Å². The van der Waals surface area contributed by atoms with Crippen LogP contribution in [0.2, 0.25) is 0 Å². The molecule has 0 saturated carbocycles. The van der Waals surface area contributed by atoms with Crippen LogP contribution in [0.4, 0.5) is 4.39 Å². The van der Waals surface area contributed by atoms with E-state index in [-0.39, 0.29) is 17.7 Å². The average Bonchev–Trinajstić information content (AvgIpc) is 2.52. The number of aliphatic hydroxyl groups is 2. The Balaban J connectivity index is 1.96. The van der Waals surface area contributed by atoms with E-state index >= 15 is 0 Å². The molecule has 1 aliphatic carbocycles. The number of benzene rings is 1. The third kappa shape index (κ3) is 4.22. The van der Waals surface area contributed by atoms with Crippen molar-refractivity contribution >= 4 is 11.5 Å². The second-order valence-electron chi connectivity index (χ2n) is 7.83. The normalized spacial score (nSPS) is 29.1. The van der Waals surface area contributed by atoms with Crippen molar-refractivity contribution in [2.24, 2.45) is 5.41 Å². The minimum Gasteiger partial charge on any atom is -0.458 e. The highest BCUT2D eigenvalue weighted by Crippen LogP contribution is 2.44. The molecule has 0 spiro atoms. The van der Waals surface area contributed by atoms with Crippen LogP contribution in [0, 0.1) is 11.2 Å². The van der Waals surface area contributed by atoms with E-state index < -0.39 is 24.3 Å². The van der Waals surface area contributed by atoms with Crippen molar-refractivity contribution in [1.82, 2.24) is 0 Å². The SMILES string of the molecule is CC1(C)CC(O)CC(c2ccc(F)cc2)=C1/C=C/[C@H]1C[C@H](O)CC(=O)O1. The van der Waals surface area contributed by atoms with Crippen molar-refractivity contribution in [1.29, 1.82) is 0 Å². The quantitative estimate of drug-likeness (QED) is 0.811. The van der Waals surface area contributed by atoms with Crippen LogP contribution in [-0.4, -0.2) is 34.5 Å². The van der Waals surface area contributed by atoms with Crippen LogP contribution in [0.15, 0.2) is 42.0 Å². The zero-order valence-electron chi connectivity index (χ0n) is 15.1. The number of aliphatic hydroxyl groups excluding tert-OH is 2. The van der Waals surface area contributed by atoms with Gasteiger partial charge in [-0.05, 0) is 53.2 Å². The first-order valence-electron chi connectivity index (χ1n) is 8.98. The van der Waals surface area contributed by atoms with E-state index in [1.807, 2.05) is 6.08 Å². The summed E-state index contributed by atoms with van der Waals surface area (Å²) in [4.78, 5) is 11.5. The average molecular weight is 360 g/mol. The first-order chi connectivity index (χ1) is 12.2. The molecule has 0 radical (unpaired) electrons. The number of allylic oxidation sites excluding steroid dienone is 2. The maximum atomic E-state index is 13.3. The van der Waals surface area contributed by atoms with Gasteiger partial charge in [-0.2, -0.15) is 0 Å². The lowest BCUT2D eigenvalue weighted by Gasteiger charge is -2.37. The summed E-state index contributed by atoms with van der Waals surface area (Å²) in [6.45, 7) is 4.11. The van der Waals surface area contributed by atoms with Crippen molar-refractivity contribution < 1.29 is 24.1 Å². The van der Waals surface area contributed by atoms with Gasteiger partial charge in [-0.3, -0.25) is 4.79 Å². The summed E-state index contributed by atoms with van der Waals surface area (Å²) >= 11 is 0. The van der Waals surface area contributed by atoms with E-state index in [2.05, 4.69) is 13.8 Å². The molecule has 2 aliphatic rings. The molecule has 140 valence electrons. The Kier molecular flexibility index (Phi) is 5.30. The van der Waals surface area contributed by atoms with Crippen LogP contribution in [0.3, 0.4) is 0 Å². The lowest BCUT2D eigenvalue weighted by molar-refractivity contribution is -0.156. The molecule has 2 N–H and O–H groups in total. The van der Waals surface area contributed by atoms with E-state index in [1.165, 1.54) is 12.1 Å². The third-order valence-corrected chi connectivity index (χ3v) is 5.10. The van der Waals surface area contributed by atoms with Gasteiger partial charge in [-0.1, -0.05) is 32.1 Å². The number of cyclic esters (lactones) is 1. The van der Waals surface area contributed by atoms with Gasteiger partial charge in [0.2, 0.25) is 0 Å². The Bertz CT molecular complexity index is 733. The van der Waals surface area contributed by atoms with Crippen LogP contribution < -0.4 is 0 Å². The van der Waals surface area contributed by atoms with E-state index in [9.17, 15) is 19.4 Å². The number of hydrogen-bond donors (Lipinski definition) is 2. The molecule has 3 atom stereocenters. The van der Waals surface area contributed by atoms with E-state index in [4.69, 9.17) is 4.74 Å². The molecule has 1 aromatic carbocycles. The van der Waals surface area contributed by atoms with E-state index in [1.54, 1.807) is 18.2 Å². The molecule has 1 heterocycles. The van der Waals surface area contributed by atoms with Gasteiger partial charge >= 0.3 is 5.97 Å². The first kappa shape index (κ1) is 18.8. The second kappa shape index (κ2) is 7.33. The molecule has 1 aliphatic heterocycles. The van der Waals surface area contributed by atoms with Crippen LogP contribution in [0.25, 0.3) is 5.57 Å². The number of halogens is 1. The van der Waals surface area contributed by atoms with Crippen LogP contribution in [0.1, 0.15) is 45.1 Å². The molecular formula is C21H25FO4. The molecule has 0 amide bonds. The summed E-state index contributed by atoms with van der Waals surface area (Å²) in [6.07, 6.45) is 3.64. The summed E-state index contributed by atoms with van der Waals surface area (Å²) in [6, 6.07) is 6.27. The molecule has 0 aromatic heterocycles. The molecule has 3 rings (SSSR count). The molecule has 0 bridgehead atoms. The monoisotopic (exact) mass is 360 g/mol. The Morgan fingerprint density at radius 1 is 1.15 bits per heavy atom. The van der Waals surface area contributed by atoms with Gasteiger partial charge in [0, 0.05) is 6.42 Å². The van der Waals surface area contributed by atoms with Crippen molar-refractivity contribution in [3.05, 3.63) is 53.4 Å². The maximum Gasteiger partial charge on any atom is 0.309 e. The molecular weight excluding hydrogens is 335 g/mol. The van der Waals surface area contributed by atoms with Gasteiger partial charge in [0.15, 0.2) is 0 Å². The maximum absolute atomic E-state index is 13.3. The zero-order chi connectivity index (χ0) is 18.9. The Labute approximate surface area is 153 Å². The highest BCUT2D eigenvalue weighted by atomic mass is 19.1. The number of carbonyl (C=O) groups is 1. The van der Waals surface area contributed by atoms with Gasteiger partial charge in [0.05, 0.1) is 18.6 Å². The fourth-order valence-electron chi connectivity index (χ4n) is 3.91. The van der Waals surface area contributed by atoms with Gasteiger partial charge in [-0.25, -0.2) is 4.39 Å². The second-order valence-corrected chi connectivity index (χ2v) is 7.83. The predicted molar refractivity (Wildman–Crippen MR) is 96.6 cm³/mol. The number of carbonyl (C=O) groups excluding carboxylic acids is 1. The van der Waals surface area contributed by atoms with Crippen molar-refractivity contribution in [2.45, 2.75) is 57.8 Å². The number of hydrogen-bond acceptors (Lipinski definition) is 4. The molecule has 4 nitrogen and oxygen atoms in total. The van der Waals surface area contributed by atoms with Crippen LogP contribution >= 0.6 is 0 Å².